The number of methoxy groups -OCH3 is 1. The van der Waals surface area contributed by atoms with Crippen molar-refractivity contribution in [3.8, 4) is 11.5 Å². The summed E-state index contributed by atoms with van der Waals surface area (Å²) in [6.45, 7) is 4.65. The highest BCUT2D eigenvalue weighted by atomic mass is 16.5. The van der Waals surface area contributed by atoms with Crippen LogP contribution in [0, 0.1) is 13.8 Å². The van der Waals surface area contributed by atoms with E-state index in [0.29, 0.717) is 30.3 Å². The largest absolute Gasteiger partial charge is 0.497 e. The Kier molecular flexibility index (Phi) is 5.87. The molecule has 1 fully saturated rings. The zero-order valence-corrected chi connectivity index (χ0v) is 16.4. The Bertz CT molecular complexity index is 852. The van der Waals surface area contributed by atoms with Crippen LogP contribution in [0.5, 0.6) is 11.5 Å². The van der Waals surface area contributed by atoms with Gasteiger partial charge in [-0.1, -0.05) is 12.1 Å². The molecule has 2 aromatic carbocycles. The predicted octanol–water partition coefficient (Wildman–Crippen LogP) is 3.41. The minimum absolute atomic E-state index is 0.00741. The van der Waals surface area contributed by atoms with E-state index in [-0.39, 0.29) is 5.91 Å². The van der Waals surface area contributed by atoms with Crippen LogP contribution >= 0.6 is 0 Å². The molecule has 0 aromatic heterocycles. The normalized spacial score (nSPS) is 16.1. The molecule has 0 spiro atoms. The lowest BCUT2D eigenvalue weighted by molar-refractivity contribution is -0.139. The van der Waals surface area contributed by atoms with Crippen LogP contribution in [0.15, 0.2) is 36.4 Å². The summed E-state index contributed by atoms with van der Waals surface area (Å²) in [4.78, 5) is 25.6. The Morgan fingerprint density at radius 2 is 1.79 bits per heavy atom. The molecule has 1 heterocycles. The number of carboxylic acid groups (broad SMARTS) is 1. The number of aliphatic carboxylic acids is 1. The van der Waals surface area contributed by atoms with Crippen LogP contribution in [0.1, 0.15) is 39.4 Å². The predicted molar refractivity (Wildman–Crippen MR) is 105 cm³/mol. The molecule has 1 aliphatic heterocycles. The van der Waals surface area contributed by atoms with Crippen LogP contribution < -0.4 is 9.47 Å². The topological polar surface area (TPSA) is 76.1 Å². The third kappa shape index (κ3) is 4.27. The second-order valence-corrected chi connectivity index (χ2v) is 7.13. The number of amides is 1. The van der Waals surface area contributed by atoms with Gasteiger partial charge >= 0.3 is 5.97 Å². The van der Waals surface area contributed by atoms with Gasteiger partial charge in [-0.05, 0) is 61.2 Å². The number of hydrogen-bond acceptors (Lipinski definition) is 4. The average Bonchev–Trinajstić information content (AvgIpc) is 3.16. The summed E-state index contributed by atoms with van der Waals surface area (Å²) in [7, 11) is 1.65. The molecule has 0 bridgehead atoms. The van der Waals surface area contributed by atoms with Gasteiger partial charge < -0.3 is 19.5 Å². The number of rotatable bonds is 6. The number of ether oxygens (including phenoxy) is 2. The molecule has 1 saturated heterocycles. The number of likely N-dealkylation sites (tertiary alicyclic amines) is 1. The van der Waals surface area contributed by atoms with Crippen molar-refractivity contribution in [1.82, 2.24) is 4.90 Å². The quantitative estimate of drug-likeness (QED) is 0.827. The molecule has 1 atom stereocenters. The van der Waals surface area contributed by atoms with Gasteiger partial charge in [0.1, 0.15) is 11.5 Å². The minimum Gasteiger partial charge on any atom is -0.497 e. The Morgan fingerprint density at radius 3 is 2.36 bits per heavy atom. The fourth-order valence-electron chi connectivity index (χ4n) is 3.71. The number of carbonyl (C=O) groups is 2. The molecule has 0 saturated carbocycles. The molecule has 3 rings (SSSR count). The molecule has 0 radical (unpaired) electrons. The molecule has 1 N–H and O–H groups in total. The van der Waals surface area contributed by atoms with E-state index in [4.69, 9.17) is 14.6 Å². The first-order chi connectivity index (χ1) is 13.4. The molecular formula is C22H25NO5. The standard InChI is InChI=1S/C22H25NO5/c1-14-10-18(11-15(2)21(14)28-13-20(24)25)22(26)23-9-8-17(12-23)16-4-6-19(27-3)7-5-16/h4-7,10-11,17H,8-9,12-13H2,1-3H3,(H,24,25). The second-order valence-electron chi connectivity index (χ2n) is 7.13. The summed E-state index contributed by atoms with van der Waals surface area (Å²) >= 11 is 0. The molecule has 0 aliphatic carbocycles. The van der Waals surface area contributed by atoms with Crippen LogP contribution in [-0.4, -0.2) is 48.7 Å². The van der Waals surface area contributed by atoms with E-state index in [9.17, 15) is 9.59 Å². The molecule has 1 aliphatic rings. The molecule has 1 amide bonds. The first-order valence-corrected chi connectivity index (χ1v) is 9.28. The van der Waals surface area contributed by atoms with Gasteiger partial charge in [0.2, 0.25) is 0 Å². The van der Waals surface area contributed by atoms with Gasteiger partial charge in [-0.3, -0.25) is 4.79 Å². The van der Waals surface area contributed by atoms with Crippen molar-refractivity contribution in [1.29, 1.82) is 0 Å². The summed E-state index contributed by atoms with van der Waals surface area (Å²) in [5.74, 6) is 0.630. The smallest absolute Gasteiger partial charge is 0.341 e. The van der Waals surface area contributed by atoms with Crippen molar-refractivity contribution in [2.24, 2.45) is 0 Å². The summed E-state index contributed by atoms with van der Waals surface area (Å²) in [6, 6.07) is 11.5. The lowest BCUT2D eigenvalue weighted by Crippen LogP contribution is -2.28. The molecule has 148 valence electrons. The van der Waals surface area contributed by atoms with Crippen LogP contribution in [0.3, 0.4) is 0 Å². The Hall–Kier alpha value is -3.02. The van der Waals surface area contributed by atoms with Gasteiger partial charge in [0.05, 0.1) is 7.11 Å². The third-order valence-electron chi connectivity index (χ3n) is 5.11. The molecule has 6 nitrogen and oxygen atoms in total. The minimum atomic E-state index is -1.03. The van der Waals surface area contributed by atoms with Gasteiger partial charge in [0.15, 0.2) is 6.61 Å². The van der Waals surface area contributed by atoms with Crippen molar-refractivity contribution in [2.75, 3.05) is 26.8 Å². The van der Waals surface area contributed by atoms with Gasteiger partial charge in [-0.2, -0.15) is 0 Å². The maximum atomic E-state index is 13.0. The highest BCUT2D eigenvalue weighted by molar-refractivity contribution is 5.95. The van der Waals surface area contributed by atoms with Crippen molar-refractivity contribution < 1.29 is 24.2 Å². The number of benzene rings is 2. The first-order valence-electron chi connectivity index (χ1n) is 9.28. The van der Waals surface area contributed by atoms with Crippen molar-refractivity contribution in [3.05, 3.63) is 58.7 Å². The maximum Gasteiger partial charge on any atom is 0.341 e. The lowest BCUT2D eigenvalue weighted by atomic mass is 9.98. The second kappa shape index (κ2) is 8.33. The van der Waals surface area contributed by atoms with Crippen LogP contribution in [0.25, 0.3) is 0 Å². The van der Waals surface area contributed by atoms with Crippen molar-refractivity contribution in [3.63, 3.8) is 0 Å². The van der Waals surface area contributed by atoms with Crippen LogP contribution in [0.2, 0.25) is 0 Å². The van der Waals surface area contributed by atoms with E-state index in [0.717, 1.165) is 23.3 Å². The summed E-state index contributed by atoms with van der Waals surface area (Å²) < 4.78 is 10.6. The van der Waals surface area contributed by atoms with Gasteiger partial charge in [-0.15, -0.1) is 0 Å². The van der Waals surface area contributed by atoms with Crippen molar-refractivity contribution >= 4 is 11.9 Å². The van der Waals surface area contributed by atoms with E-state index >= 15 is 0 Å². The Labute approximate surface area is 164 Å². The average molecular weight is 383 g/mol. The maximum absolute atomic E-state index is 13.0. The molecule has 1 unspecified atom stereocenters. The molecule has 2 aromatic rings. The van der Waals surface area contributed by atoms with E-state index in [1.807, 2.05) is 30.9 Å². The van der Waals surface area contributed by atoms with Crippen LogP contribution in [0.4, 0.5) is 0 Å². The summed E-state index contributed by atoms with van der Waals surface area (Å²) in [6.07, 6.45) is 0.926. The van der Waals surface area contributed by atoms with Gasteiger partial charge in [-0.25, -0.2) is 4.79 Å². The van der Waals surface area contributed by atoms with Crippen molar-refractivity contribution in [2.45, 2.75) is 26.2 Å². The van der Waals surface area contributed by atoms with E-state index < -0.39 is 12.6 Å². The number of carboxylic acids is 1. The van der Waals surface area contributed by atoms with E-state index in [1.54, 1.807) is 19.2 Å². The number of carbonyl (C=O) groups excluding carboxylic acids is 1. The van der Waals surface area contributed by atoms with E-state index in [2.05, 4.69) is 12.1 Å². The Morgan fingerprint density at radius 1 is 1.14 bits per heavy atom. The summed E-state index contributed by atoms with van der Waals surface area (Å²) in [5.41, 5.74) is 3.33. The first kappa shape index (κ1) is 19.7. The number of aryl methyl sites for hydroxylation is 2. The van der Waals surface area contributed by atoms with Crippen LogP contribution in [-0.2, 0) is 4.79 Å². The van der Waals surface area contributed by atoms with Gasteiger partial charge in [0.25, 0.3) is 5.91 Å². The zero-order valence-electron chi connectivity index (χ0n) is 16.4. The monoisotopic (exact) mass is 383 g/mol. The fourth-order valence-corrected chi connectivity index (χ4v) is 3.71. The Balaban J connectivity index is 1.71. The fraction of sp³-hybridized carbons (Fsp3) is 0.364. The zero-order chi connectivity index (χ0) is 20.3. The number of hydrogen-bond donors (Lipinski definition) is 1. The molecule has 28 heavy (non-hydrogen) atoms. The SMILES string of the molecule is COc1ccc(C2CCN(C(=O)c3cc(C)c(OCC(=O)O)c(C)c3)C2)cc1. The summed E-state index contributed by atoms with van der Waals surface area (Å²) in [5, 5.41) is 8.80. The lowest BCUT2D eigenvalue weighted by Gasteiger charge is -2.19. The highest BCUT2D eigenvalue weighted by Gasteiger charge is 2.28. The van der Waals surface area contributed by atoms with E-state index in [1.165, 1.54) is 5.56 Å². The third-order valence-corrected chi connectivity index (χ3v) is 5.11. The highest BCUT2D eigenvalue weighted by Crippen LogP contribution is 2.31. The molecule has 6 heteroatoms. The molecular weight excluding hydrogens is 358 g/mol. The van der Waals surface area contributed by atoms with Gasteiger partial charge in [0, 0.05) is 24.6 Å². The number of nitrogens with zero attached hydrogens (tertiary/aromatic N) is 1.